The molecule has 0 heterocycles. The van der Waals surface area contributed by atoms with Crippen molar-refractivity contribution in [2.75, 3.05) is 13.9 Å². The quantitative estimate of drug-likeness (QED) is 0.329. The highest BCUT2D eigenvalue weighted by Crippen LogP contribution is 2.15. The fourth-order valence-electron chi connectivity index (χ4n) is 1.35. The van der Waals surface area contributed by atoms with E-state index in [0.29, 0.717) is 12.0 Å². The molecule has 0 aliphatic rings. The Balaban J connectivity index is 2.50. The van der Waals surface area contributed by atoms with Crippen LogP contribution in [0, 0.1) is 5.41 Å². The molecule has 0 spiro atoms. The molecule has 9 nitrogen and oxygen atoms in total. The molecule has 1 rings (SSSR count). The molecule has 0 radical (unpaired) electrons. The second kappa shape index (κ2) is 8.47. The first kappa shape index (κ1) is 20.4. The van der Waals surface area contributed by atoms with E-state index in [1.165, 1.54) is 31.4 Å². The number of carbonyl (C=O) groups is 2. The third-order valence-electron chi connectivity index (χ3n) is 2.72. The average Bonchev–Trinajstić information content (AvgIpc) is 2.53. The van der Waals surface area contributed by atoms with E-state index >= 15 is 0 Å². The van der Waals surface area contributed by atoms with Crippen LogP contribution in [-0.4, -0.2) is 40.5 Å². The summed E-state index contributed by atoms with van der Waals surface area (Å²) in [7, 11) is -2.48. The summed E-state index contributed by atoms with van der Waals surface area (Å²) in [6, 6.07) is 5.58. The minimum absolute atomic E-state index is 0.0575. The summed E-state index contributed by atoms with van der Waals surface area (Å²) in [5, 5.41) is 3.30. The van der Waals surface area contributed by atoms with E-state index in [1.807, 2.05) is 4.83 Å². The number of nitrogens with zero attached hydrogens (tertiary/aromatic N) is 1. The number of carbonyl (C=O) groups excluding carboxylic acids is 2. The Kier molecular flexibility index (Phi) is 6.92. The Morgan fingerprint density at radius 1 is 1.16 bits per heavy atom. The van der Waals surface area contributed by atoms with Crippen molar-refractivity contribution < 1.29 is 32.2 Å². The largest absolute Gasteiger partial charge is 0.497 e. The van der Waals surface area contributed by atoms with Gasteiger partial charge in [0.15, 0.2) is 0 Å². The van der Waals surface area contributed by atoms with Crippen molar-refractivity contribution >= 4 is 28.2 Å². The lowest BCUT2D eigenvalue weighted by Gasteiger charge is -2.15. The van der Waals surface area contributed by atoms with Gasteiger partial charge in [0.05, 0.1) is 17.4 Å². The highest BCUT2D eigenvalue weighted by molar-refractivity contribution is 7.89. The molecule has 0 aromatic heterocycles. The van der Waals surface area contributed by atoms with Gasteiger partial charge in [-0.2, -0.15) is 18.4 Å². The zero-order valence-corrected chi connectivity index (χ0v) is 15.1. The monoisotopic (exact) mass is 372 g/mol. The molecule has 0 atom stereocenters. The molecular formula is C15H20N2O7S. The van der Waals surface area contributed by atoms with Crippen molar-refractivity contribution in [1.82, 2.24) is 4.83 Å². The second-order valence-corrected chi connectivity index (χ2v) is 7.45. The zero-order valence-electron chi connectivity index (χ0n) is 14.3. The molecule has 0 bridgehead atoms. The molecule has 138 valence electrons. The number of hydrogen-bond acceptors (Lipinski definition) is 8. The van der Waals surface area contributed by atoms with E-state index in [0.717, 1.165) is 0 Å². The molecule has 0 saturated heterocycles. The SMILES string of the molecule is COc1ccc(S(=O)(=O)N/N=C/C(=O)OCOC(=O)C(C)(C)C)cc1. The summed E-state index contributed by atoms with van der Waals surface area (Å²) in [5.41, 5.74) is -0.728. The first-order chi connectivity index (χ1) is 11.6. The number of rotatable bonds is 7. The summed E-state index contributed by atoms with van der Waals surface area (Å²) in [4.78, 5) is 24.6. The van der Waals surface area contributed by atoms with Gasteiger partial charge in [-0.1, -0.05) is 0 Å². The minimum atomic E-state index is -3.93. The van der Waals surface area contributed by atoms with Crippen LogP contribution in [0.15, 0.2) is 34.3 Å². The van der Waals surface area contributed by atoms with Crippen molar-refractivity contribution in [2.45, 2.75) is 25.7 Å². The summed E-state index contributed by atoms with van der Waals surface area (Å²) in [6.45, 7) is 4.35. The first-order valence-corrected chi connectivity index (χ1v) is 8.57. The van der Waals surface area contributed by atoms with Crippen LogP contribution in [0.1, 0.15) is 20.8 Å². The highest BCUT2D eigenvalue weighted by atomic mass is 32.2. The Morgan fingerprint density at radius 3 is 2.28 bits per heavy atom. The normalized spacial score (nSPS) is 11.8. The Labute approximate surface area is 146 Å². The maximum atomic E-state index is 11.9. The van der Waals surface area contributed by atoms with Gasteiger partial charge in [-0.05, 0) is 45.0 Å². The van der Waals surface area contributed by atoms with Gasteiger partial charge in [-0.3, -0.25) is 4.79 Å². The molecule has 0 aliphatic heterocycles. The molecule has 25 heavy (non-hydrogen) atoms. The summed E-state index contributed by atoms with van der Waals surface area (Å²) in [5.74, 6) is -1.02. The average molecular weight is 372 g/mol. The Hall–Kier alpha value is -2.62. The molecule has 0 saturated carbocycles. The lowest BCUT2D eigenvalue weighted by Crippen LogP contribution is -2.25. The van der Waals surface area contributed by atoms with Gasteiger partial charge in [0.1, 0.15) is 12.0 Å². The number of benzene rings is 1. The van der Waals surface area contributed by atoms with Gasteiger partial charge in [0, 0.05) is 0 Å². The summed E-state index contributed by atoms with van der Waals surface area (Å²) in [6.07, 6.45) is 0.617. The lowest BCUT2D eigenvalue weighted by molar-refractivity contribution is -0.169. The lowest BCUT2D eigenvalue weighted by atomic mass is 9.98. The number of methoxy groups -OCH3 is 1. The fourth-order valence-corrected chi connectivity index (χ4v) is 2.14. The summed E-state index contributed by atoms with van der Waals surface area (Å²) < 4.78 is 38.1. The predicted octanol–water partition coefficient (Wildman–Crippen LogP) is 1.05. The van der Waals surface area contributed by atoms with Gasteiger partial charge < -0.3 is 14.2 Å². The van der Waals surface area contributed by atoms with Crippen LogP contribution in [0.3, 0.4) is 0 Å². The van der Waals surface area contributed by atoms with Crippen LogP contribution >= 0.6 is 0 Å². The van der Waals surface area contributed by atoms with E-state index in [9.17, 15) is 18.0 Å². The van der Waals surface area contributed by atoms with E-state index in [4.69, 9.17) is 9.47 Å². The molecule has 1 aromatic carbocycles. The zero-order chi connectivity index (χ0) is 19.1. The Morgan fingerprint density at radius 2 is 1.76 bits per heavy atom. The minimum Gasteiger partial charge on any atom is -0.497 e. The molecular weight excluding hydrogens is 352 g/mol. The number of esters is 2. The van der Waals surface area contributed by atoms with Crippen molar-refractivity contribution in [3.8, 4) is 5.75 Å². The number of ether oxygens (including phenoxy) is 3. The molecule has 1 N–H and O–H groups in total. The van der Waals surface area contributed by atoms with Crippen LogP contribution in [0.5, 0.6) is 5.75 Å². The third kappa shape index (κ3) is 6.79. The van der Waals surface area contributed by atoms with E-state index in [2.05, 4.69) is 9.84 Å². The van der Waals surface area contributed by atoms with Crippen LogP contribution in [0.4, 0.5) is 0 Å². The van der Waals surface area contributed by atoms with Gasteiger partial charge in [-0.15, -0.1) is 0 Å². The van der Waals surface area contributed by atoms with Crippen LogP contribution in [-0.2, 0) is 29.1 Å². The number of sulfonamides is 1. The molecule has 0 amide bonds. The number of hydrazone groups is 1. The van der Waals surface area contributed by atoms with Crippen molar-refractivity contribution in [3.05, 3.63) is 24.3 Å². The highest BCUT2D eigenvalue weighted by Gasteiger charge is 2.23. The van der Waals surface area contributed by atoms with Crippen molar-refractivity contribution in [3.63, 3.8) is 0 Å². The third-order valence-corrected chi connectivity index (χ3v) is 3.95. The topological polar surface area (TPSA) is 120 Å². The first-order valence-electron chi connectivity index (χ1n) is 7.09. The van der Waals surface area contributed by atoms with Gasteiger partial charge >= 0.3 is 11.9 Å². The Bertz CT molecular complexity index is 734. The van der Waals surface area contributed by atoms with E-state index < -0.39 is 34.2 Å². The van der Waals surface area contributed by atoms with Gasteiger partial charge in [0.25, 0.3) is 10.0 Å². The van der Waals surface area contributed by atoms with Crippen molar-refractivity contribution in [1.29, 1.82) is 0 Å². The van der Waals surface area contributed by atoms with E-state index in [-0.39, 0.29) is 4.90 Å². The summed E-state index contributed by atoms with van der Waals surface area (Å²) >= 11 is 0. The van der Waals surface area contributed by atoms with Gasteiger partial charge in [-0.25, -0.2) is 4.79 Å². The van der Waals surface area contributed by atoms with Gasteiger partial charge in [0.2, 0.25) is 6.79 Å². The van der Waals surface area contributed by atoms with E-state index in [1.54, 1.807) is 20.8 Å². The smallest absolute Gasteiger partial charge is 0.354 e. The molecule has 0 unspecified atom stereocenters. The van der Waals surface area contributed by atoms with Crippen molar-refractivity contribution in [2.24, 2.45) is 10.5 Å². The standard InChI is InChI=1S/C15H20N2O7S/c1-15(2,3)14(19)24-10-23-13(18)9-16-17-25(20,21)12-7-5-11(22-4)6-8-12/h5-9,17H,10H2,1-4H3/b16-9+. The number of nitrogens with one attached hydrogen (secondary N) is 1. The fraction of sp³-hybridized carbons (Fsp3) is 0.400. The van der Waals surface area contributed by atoms with Crippen LogP contribution in [0.25, 0.3) is 0 Å². The maximum absolute atomic E-state index is 11.9. The number of hydrogen-bond donors (Lipinski definition) is 1. The predicted molar refractivity (Wildman–Crippen MR) is 88.3 cm³/mol. The molecule has 0 aliphatic carbocycles. The molecule has 0 fully saturated rings. The second-order valence-electron chi connectivity index (χ2n) is 5.79. The van der Waals surface area contributed by atoms with Crippen LogP contribution in [0.2, 0.25) is 0 Å². The van der Waals surface area contributed by atoms with Crippen LogP contribution < -0.4 is 9.57 Å². The molecule has 1 aromatic rings. The maximum Gasteiger partial charge on any atom is 0.354 e. The molecule has 10 heteroatoms.